The Morgan fingerprint density at radius 2 is 1.90 bits per heavy atom. The highest BCUT2D eigenvalue weighted by Gasteiger charge is 2.51. The monoisotopic (exact) mass is 275 g/mol. The van der Waals surface area contributed by atoms with E-state index in [4.69, 9.17) is 14.4 Å². The molecule has 0 atom stereocenters. The molecule has 1 saturated heterocycles. The van der Waals surface area contributed by atoms with Crippen LogP contribution in [0, 0.1) is 0 Å². The van der Waals surface area contributed by atoms with Crippen molar-refractivity contribution in [2.45, 2.75) is 45.5 Å². The lowest BCUT2D eigenvalue weighted by Gasteiger charge is -2.32. The summed E-state index contributed by atoms with van der Waals surface area (Å²) in [6.45, 7) is 7.91. The number of aromatic nitrogens is 3. The molecule has 0 aromatic carbocycles. The van der Waals surface area contributed by atoms with Gasteiger partial charge in [0.2, 0.25) is 0 Å². The lowest BCUT2D eigenvalue weighted by molar-refractivity contribution is 0.00578. The Labute approximate surface area is 117 Å². The van der Waals surface area contributed by atoms with E-state index >= 15 is 0 Å². The van der Waals surface area contributed by atoms with Crippen LogP contribution in [-0.4, -0.2) is 38.0 Å². The van der Waals surface area contributed by atoms with Crippen molar-refractivity contribution in [2.24, 2.45) is 0 Å². The molecule has 1 fully saturated rings. The van der Waals surface area contributed by atoms with E-state index in [0.29, 0.717) is 11.5 Å². The van der Waals surface area contributed by atoms with Crippen LogP contribution >= 0.6 is 0 Å². The number of fused-ring (bicyclic) bond motifs is 1. The van der Waals surface area contributed by atoms with Crippen molar-refractivity contribution >= 4 is 18.2 Å². The van der Waals surface area contributed by atoms with Crippen molar-refractivity contribution in [1.82, 2.24) is 14.6 Å². The minimum absolute atomic E-state index is 0.173. The molecule has 0 bridgehead atoms. The average Bonchev–Trinajstić information content (AvgIpc) is 2.87. The highest BCUT2D eigenvalue weighted by atomic mass is 16.7. The maximum Gasteiger partial charge on any atom is 0.495 e. The Kier molecular flexibility index (Phi) is 2.90. The summed E-state index contributed by atoms with van der Waals surface area (Å²) in [5.41, 5.74) is 0.829. The van der Waals surface area contributed by atoms with Crippen LogP contribution in [0.5, 0.6) is 0 Å². The van der Waals surface area contributed by atoms with Crippen LogP contribution in [0.25, 0.3) is 5.65 Å². The SMILES string of the molecule is CC1(C)OB(c2ccn3nc(CO)nc3c2)OC1(C)C. The number of nitrogens with zero attached hydrogens (tertiary/aromatic N) is 3. The summed E-state index contributed by atoms with van der Waals surface area (Å²) >= 11 is 0. The molecule has 1 aliphatic heterocycles. The zero-order valence-corrected chi connectivity index (χ0v) is 12.1. The molecular formula is C13H18BN3O3. The Hall–Kier alpha value is -1.44. The summed E-state index contributed by atoms with van der Waals surface area (Å²) in [7, 11) is -0.417. The molecule has 0 radical (unpaired) electrons. The van der Waals surface area contributed by atoms with Gasteiger partial charge >= 0.3 is 7.12 Å². The van der Waals surface area contributed by atoms with Crippen molar-refractivity contribution in [1.29, 1.82) is 0 Å². The first-order chi connectivity index (χ1) is 9.32. The predicted octanol–water partition coefficient (Wildman–Crippen LogP) is 0.521. The first-order valence-electron chi connectivity index (χ1n) is 6.64. The first-order valence-corrected chi connectivity index (χ1v) is 6.64. The molecule has 7 heteroatoms. The fraction of sp³-hybridized carbons (Fsp3) is 0.538. The summed E-state index contributed by atoms with van der Waals surface area (Å²) in [5, 5.41) is 13.2. The molecule has 0 amide bonds. The van der Waals surface area contributed by atoms with Crippen LogP contribution in [0.1, 0.15) is 33.5 Å². The second-order valence-corrected chi connectivity index (χ2v) is 6.04. The lowest BCUT2D eigenvalue weighted by atomic mass is 9.80. The molecule has 0 spiro atoms. The maximum absolute atomic E-state index is 9.07. The fourth-order valence-corrected chi connectivity index (χ4v) is 2.14. The average molecular weight is 275 g/mol. The summed E-state index contributed by atoms with van der Waals surface area (Å²) in [6.07, 6.45) is 1.79. The molecule has 0 aliphatic carbocycles. The standard InChI is InChI=1S/C13H18BN3O3/c1-12(2)13(3,4)20-14(19-12)9-5-6-17-11(7-9)15-10(8-18)16-17/h5-7,18H,8H2,1-4H3. The number of pyridine rings is 1. The van der Waals surface area contributed by atoms with Gasteiger partial charge in [-0.05, 0) is 45.3 Å². The van der Waals surface area contributed by atoms with Crippen molar-refractivity contribution in [3.63, 3.8) is 0 Å². The fourth-order valence-electron chi connectivity index (χ4n) is 2.14. The summed E-state index contributed by atoms with van der Waals surface area (Å²) in [5.74, 6) is 0.399. The molecule has 1 aliphatic rings. The third-order valence-corrected chi connectivity index (χ3v) is 4.07. The molecule has 0 unspecified atom stereocenters. The summed E-state index contributed by atoms with van der Waals surface area (Å²) in [6, 6.07) is 3.76. The van der Waals surface area contributed by atoms with Crippen LogP contribution < -0.4 is 5.46 Å². The molecule has 106 valence electrons. The van der Waals surface area contributed by atoms with E-state index in [2.05, 4.69) is 10.1 Å². The van der Waals surface area contributed by atoms with Crippen LogP contribution in [-0.2, 0) is 15.9 Å². The molecule has 6 nitrogen and oxygen atoms in total. The van der Waals surface area contributed by atoms with Crippen LogP contribution in [0.15, 0.2) is 18.3 Å². The van der Waals surface area contributed by atoms with Gasteiger partial charge in [-0.2, -0.15) is 0 Å². The molecule has 0 saturated carbocycles. The maximum atomic E-state index is 9.07. The minimum Gasteiger partial charge on any atom is -0.399 e. The molecular weight excluding hydrogens is 257 g/mol. The van der Waals surface area contributed by atoms with Crippen molar-refractivity contribution in [3.05, 3.63) is 24.2 Å². The van der Waals surface area contributed by atoms with E-state index in [-0.39, 0.29) is 17.8 Å². The van der Waals surface area contributed by atoms with Crippen LogP contribution in [0.3, 0.4) is 0 Å². The van der Waals surface area contributed by atoms with Crippen LogP contribution in [0.2, 0.25) is 0 Å². The van der Waals surface area contributed by atoms with Gasteiger partial charge in [-0.1, -0.05) is 0 Å². The smallest absolute Gasteiger partial charge is 0.399 e. The van der Waals surface area contributed by atoms with E-state index in [9.17, 15) is 0 Å². The molecule has 20 heavy (non-hydrogen) atoms. The molecule has 2 aromatic rings. The highest BCUT2D eigenvalue weighted by molar-refractivity contribution is 6.62. The Balaban J connectivity index is 1.95. The zero-order valence-electron chi connectivity index (χ0n) is 12.1. The van der Waals surface area contributed by atoms with Gasteiger partial charge in [-0.15, -0.1) is 5.10 Å². The third-order valence-electron chi connectivity index (χ3n) is 4.07. The highest BCUT2D eigenvalue weighted by Crippen LogP contribution is 2.36. The topological polar surface area (TPSA) is 68.9 Å². The second-order valence-electron chi connectivity index (χ2n) is 6.04. The Bertz CT molecular complexity index is 637. The van der Waals surface area contributed by atoms with Gasteiger partial charge in [0.15, 0.2) is 11.5 Å². The van der Waals surface area contributed by atoms with Gasteiger partial charge in [0, 0.05) is 6.20 Å². The number of aliphatic hydroxyl groups is 1. The van der Waals surface area contributed by atoms with Gasteiger partial charge in [0.25, 0.3) is 0 Å². The van der Waals surface area contributed by atoms with E-state index in [1.165, 1.54) is 0 Å². The zero-order chi connectivity index (χ0) is 14.5. The number of aliphatic hydroxyl groups excluding tert-OH is 1. The Morgan fingerprint density at radius 1 is 1.25 bits per heavy atom. The van der Waals surface area contributed by atoms with Crippen molar-refractivity contribution in [3.8, 4) is 0 Å². The largest absolute Gasteiger partial charge is 0.495 e. The summed E-state index contributed by atoms with van der Waals surface area (Å²) < 4.78 is 13.6. The van der Waals surface area contributed by atoms with Gasteiger partial charge in [-0.25, -0.2) is 9.50 Å². The van der Waals surface area contributed by atoms with Crippen LogP contribution in [0.4, 0.5) is 0 Å². The third kappa shape index (κ3) is 2.02. The van der Waals surface area contributed by atoms with Crippen molar-refractivity contribution < 1.29 is 14.4 Å². The van der Waals surface area contributed by atoms with E-state index in [1.54, 1.807) is 10.7 Å². The van der Waals surface area contributed by atoms with E-state index < -0.39 is 7.12 Å². The number of rotatable bonds is 2. The quantitative estimate of drug-likeness (QED) is 0.809. The minimum atomic E-state index is -0.417. The second kappa shape index (κ2) is 4.28. The van der Waals surface area contributed by atoms with Gasteiger partial charge in [0.1, 0.15) is 6.61 Å². The normalized spacial score (nSPS) is 20.8. The molecule has 3 rings (SSSR count). The Morgan fingerprint density at radius 3 is 2.50 bits per heavy atom. The summed E-state index contributed by atoms with van der Waals surface area (Å²) in [4.78, 5) is 4.23. The number of hydrogen-bond acceptors (Lipinski definition) is 5. The lowest BCUT2D eigenvalue weighted by Crippen LogP contribution is -2.41. The molecule has 3 heterocycles. The van der Waals surface area contributed by atoms with Gasteiger partial charge < -0.3 is 14.4 Å². The van der Waals surface area contributed by atoms with Crippen molar-refractivity contribution in [2.75, 3.05) is 0 Å². The first kappa shape index (κ1) is 13.5. The molecule has 2 aromatic heterocycles. The predicted molar refractivity (Wildman–Crippen MR) is 74.6 cm³/mol. The van der Waals surface area contributed by atoms with E-state index in [0.717, 1.165) is 5.46 Å². The molecule has 1 N–H and O–H groups in total. The number of hydrogen-bond donors (Lipinski definition) is 1. The van der Waals surface area contributed by atoms with Gasteiger partial charge in [-0.3, -0.25) is 0 Å². The van der Waals surface area contributed by atoms with E-state index in [1.807, 2.05) is 39.8 Å². The van der Waals surface area contributed by atoms with Gasteiger partial charge in [0.05, 0.1) is 11.2 Å².